The minimum atomic E-state index is -0.923. The number of carbonyl (C=O) groups is 1. The van der Waals surface area contributed by atoms with Crippen molar-refractivity contribution in [1.82, 2.24) is 0 Å². The van der Waals surface area contributed by atoms with Crippen LogP contribution in [-0.4, -0.2) is 11.1 Å². The molecule has 0 bridgehead atoms. The van der Waals surface area contributed by atoms with E-state index in [0.717, 1.165) is 44.6 Å². The Morgan fingerprint density at radius 3 is 2.05 bits per heavy atom. The normalized spacial score (nSPS) is 13.1. The minimum absolute atomic E-state index is 0.923. The fourth-order valence-electron chi connectivity index (χ4n) is 1.62. The first-order chi connectivity index (χ1) is 10.8. The zero-order chi connectivity index (χ0) is 16.3. The highest BCUT2D eigenvalue weighted by molar-refractivity contribution is 5.80. The van der Waals surface area contributed by atoms with Gasteiger partial charge < -0.3 is 5.11 Å². The number of rotatable bonds is 12. The van der Waals surface area contributed by atoms with Gasteiger partial charge in [-0.2, -0.15) is 0 Å². The summed E-state index contributed by atoms with van der Waals surface area (Å²) in [4.78, 5) is 10.2. The van der Waals surface area contributed by atoms with E-state index in [4.69, 9.17) is 5.11 Å². The highest BCUT2D eigenvalue weighted by Crippen LogP contribution is 2.00. The fraction of sp³-hybridized carbons (Fsp3) is 0.350. The maximum absolute atomic E-state index is 10.2. The second kappa shape index (κ2) is 17.0. The van der Waals surface area contributed by atoms with Gasteiger partial charge in [0.05, 0.1) is 0 Å². The summed E-state index contributed by atoms with van der Waals surface area (Å²) >= 11 is 0. The second-order valence-corrected chi connectivity index (χ2v) is 4.74. The molecule has 0 saturated carbocycles. The first kappa shape index (κ1) is 19.9. The summed E-state index contributed by atoms with van der Waals surface area (Å²) < 4.78 is 0. The first-order valence-electron chi connectivity index (χ1n) is 7.95. The van der Waals surface area contributed by atoms with Crippen LogP contribution >= 0.6 is 0 Å². The molecular weight excluding hydrogens is 272 g/mol. The summed E-state index contributed by atoms with van der Waals surface area (Å²) in [5, 5.41) is 8.39. The summed E-state index contributed by atoms with van der Waals surface area (Å²) in [6, 6.07) is 0. The van der Waals surface area contributed by atoms with E-state index in [1.165, 1.54) is 6.08 Å². The third kappa shape index (κ3) is 17.9. The zero-order valence-corrected chi connectivity index (χ0v) is 13.5. The number of carboxylic acid groups (broad SMARTS) is 1. The Labute approximate surface area is 134 Å². The van der Waals surface area contributed by atoms with Gasteiger partial charge in [-0.1, -0.05) is 73.8 Å². The molecule has 0 heterocycles. The van der Waals surface area contributed by atoms with E-state index >= 15 is 0 Å². The van der Waals surface area contributed by atoms with E-state index in [-0.39, 0.29) is 0 Å². The molecule has 2 heteroatoms. The molecule has 0 atom stereocenters. The van der Waals surface area contributed by atoms with Crippen molar-refractivity contribution in [3.05, 3.63) is 72.9 Å². The molecule has 0 aromatic carbocycles. The van der Waals surface area contributed by atoms with E-state index in [2.05, 4.69) is 49.5 Å². The van der Waals surface area contributed by atoms with Gasteiger partial charge in [0.2, 0.25) is 0 Å². The van der Waals surface area contributed by atoms with Crippen LogP contribution in [0.3, 0.4) is 0 Å². The molecule has 0 aromatic rings. The van der Waals surface area contributed by atoms with Crippen LogP contribution in [0.15, 0.2) is 72.9 Å². The topological polar surface area (TPSA) is 37.3 Å². The van der Waals surface area contributed by atoms with Gasteiger partial charge >= 0.3 is 5.97 Å². The molecular formula is C20H28O2. The van der Waals surface area contributed by atoms with Crippen LogP contribution in [0.5, 0.6) is 0 Å². The molecule has 1 N–H and O–H groups in total. The lowest BCUT2D eigenvalue weighted by molar-refractivity contribution is -0.131. The maximum atomic E-state index is 10.2. The molecule has 0 aliphatic carbocycles. The lowest BCUT2D eigenvalue weighted by Crippen LogP contribution is -1.84. The smallest absolute Gasteiger partial charge is 0.328 e. The van der Waals surface area contributed by atoms with Crippen LogP contribution in [0.1, 0.15) is 45.4 Å². The monoisotopic (exact) mass is 300 g/mol. The van der Waals surface area contributed by atoms with Crippen LogP contribution in [0.25, 0.3) is 0 Å². The molecule has 0 saturated heterocycles. The molecule has 0 fully saturated rings. The second-order valence-electron chi connectivity index (χ2n) is 4.74. The van der Waals surface area contributed by atoms with E-state index < -0.39 is 5.97 Å². The molecule has 0 amide bonds. The van der Waals surface area contributed by atoms with E-state index in [1.54, 1.807) is 6.08 Å². The Morgan fingerprint density at radius 2 is 1.36 bits per heavy atom. The van der Waals surface area contributed by atoms with Gasteiger partial charge in [0.15, 0.2) is 0 Å². The van der Waals surface area contributed by atoms with Crippen molar-refractivity contribution in [1.29, 1.82) is 0 Å². The van der Waals surface area contributed by atoms with Crippen molar-refractivity contribution in [2.45, 2.75) is 45.4 Å². The number of allylic oxidation sites excluding steroid dienone is 11. The van der Waals surface area contributed by atoms with E-state index in [9.17, 15) is 4.79 Å². The zero-order valence-electron chi connectivity index (χ0n) is 13.5. The molecule has 120 valence electrons. The van der Waals surface area contributed by atoms with E-state index in [0.29, 0.717) is 0 Å². The molecule has 0 unspecified atom stereocenters. The Kier molecular flexibility index (Phi) is 15.4. The molecule has 0 aliphatic heterocycles. The van der Waals surface area contributed by atoms with Crippen LogP contribution in [-0.2, 0) is 4.79 Å². The Morgan fingerprint density at radius 1 is 0.773 bits per heavy atom. The standard InChI is InChI=1S/C20H28O2/c1-2-3-4-5-6-7-8-9-10-11-12-13-14-15-16-17-18-19-20(21)22/h3-4,6-7,9-10,14-19H,2,5,8,11-13H2,1H3,(H,21,22). The quantitative estimate of drug-likeness (QED) is 0.215. The van der Waals surface area contributed by atoms with Gasteiger partial charge in [-0.15, -0.1) is 0 Å². The van der Waals surface area contributed by atoms with Crippen molar-refractivity contribution in [2.24, 2.45) is 0 Å². The third-order valence-corrected chi connectivity index (χ3v) is 2.73. The van der Waals surface area contributed by atoms with Gasteiger partial charge in [-0.05, 0) is 38.5 Å². The molecule has 2 nitrogen and oxygen atoms in total. The lowest BCUT2D eigenvalue weighted by atomic mass is 10.2. The highest BCUT2D eigenvalue weighted by atomic mass is 16.4. The predicted octanol–water partition coefficient (Wildman–Crippen LogP) is 5.77. The molecule has 0 spiro atoms. The van der Waals surface area contributed by atoms with Crippen molar-refractivity contribution < 1.29 is 9.90 Å². The average Bonchev–Trinajstić information content (AvgIpc) is 2.50. The first-order valence-corrected chi connectivity index (χ1v) is 7.95. The van der Waals surface area contributed by atoms with Crippen molar-refractivity contribution in [3.63, 3.8) is 0 Å². The average molecular weight is 300 g/mol. The van der Waals surface area contributed by atoms with Crippen molar-refractivity contribution >= 4 is 5.97 Å². The van der Waals surface area contributed by atoms with Gasteiger partial charge in [-0.25, -0.2) is 4.79 Å². The number of aliphatic carboxylic acids is 1. The minimum Gasteiger partial charge on any atom is -0.478 e. The summed E-state index contributed by atoms with van der Waals surface area (Å²) in [6.45, 7) is 2.14. The molecule has 0 rings (SSSR count). The van der Waals surface area contributed by atoms with Gasteiger partial charge in [0.1, 0.15) is 0 Å². The van der Waals surface area contributed by atoms with Crippen LogP contribution in [0.2, 0.25) is 0 Å². The number of hydrogen-bond acceptors (Lipinski definition) is 1. The van der Waals surface area contributed by atoms with Gasteiger partial charge in [-0.3, -0.25) is 0 Å². The van der Waals surface area contributed by atoms with Crippen molar-refractivity contribution in [2.75, 3.05) is 0 Å². The molecule has 0 aliphatic rings. The Hall–Kier alpha value is -2.09. The Bertz CT molecular complexity index is 435. The summed E-state index contributed by atoms with van der Waals surface area (Å²) in [5.41, 5.74) is 0. The fourth-order valence-corrected chi connectivity index (χ4v) is 1.62. The van der Waals surface area contributed by atoms with Gasteiger partial charge in [0.25, 0.3) is 0 Å². The molecule has 22 heavy (non-hydrogen) atoms. The number of unbranched alkanes of at least 4 members (excludes halogenated alkanes) is 2. The summed E-state index contributed by atoms with van der Waals surface area (Å²) in [7, 11) is 0. The van der Waals surface area contributed by atoms with Crippen LogP contribution in [0, 0.1) is 0 Å². The SMILES string of the molecule is CCC=CCC=CCC=CCCCC=CC=CC=CC(=O)O. The van der Waals surface area contributed by atoms with Crippen LogP contribution in [0.4, 0.5) is 0 Å². The molecule has 0 radical (unpaired) electrons. The van der Waals surface area contributed by atoms with Gasteiger partial charge in [0, 0.05) is 6.08 Å². The summed E-state index contributed by atoms with van der Waals surface area (Å²) in [5.74, 6) is -0.923. The third-order valence-electron chi connectivity index (χ3n) is 2.73. The number of carboxylic acids is 1. The lowest BCUT2D eigenvalue weighted by Gasteiger charge is -1.89. The predicted molar refractivity (Wildman–Crippen MR) is 95.9 cm³/mol. The van der Waals surface area contributed by atoms with Crippen molar-refractivity contribution in [3.8, 4) is 0 Å². The number of hydrogen-bond donors (Lipinski definition) is 1. The van der Waals surface area contributed by atoms with E-state index in [1.807, 2.05) is 12.2 Å². The molecule has 0 aromatic heterocycles. The largest absolute Gasteiger partial charge is 0.478 e. The Balaban J connectivity index is 3.50. The highest BCUT2D eigenvalue weighted by Gasteiger charge is 1.81. The van der Waals surface area contributed by atoms with Crippen LogP contribution < -0.4 is 0 Å². The summed E-state index contributed by atoms with van der Waals surface area (Å²) in [6.07, 6.45) is 29.9. The maximum Gasteiger partial charge on any atom is 0.328 e.